The number of nitrogens with one attached hydrogen (secondary N) is 1. The molecule has 0 aliphatic carbocycles. The number of carboxylic acids is 1. The zero-order chi connectivity index (χ0) is 14.6. The number of ether oxygens (including phenoxy) is 1. The van der Waals surface area contributed by atoms with E-state index in [-0.39, 0.29) is 12.5 Å². The summed E-state index contributed by atoms with van der Waals surface area (Å²) in [6.07, 6.45) is 0. The van der Waals surface area contributed by atoms with E-state index in [0.717, 1.165) is 0 Å². The first-order chi connectivity index (χ1) is 8.86. The third-order valence-electron chi connectivity index (χ3n) is 2.69. The highest BCUT2D eigenvalue weighted by Crippen LogP contribution is 2.21. The van der Waals surface area contributed by atoms with Crippen LogP contribution in [0.5, 0.6) is 0 Å². The van der Waals surface area contributed by atoms with E-state index in [1.54, 1.807) is 13.0 Å². The second kappa shape index (κ2) is 6.38. The number of furan rings is 1. The van der Waals surface area contributed by atoms with E-state index in [2.05, 4.69) is 5.32 Å². The van der Waals surface area contributed by atoms with Gasteiger partial charge < -0.3 is 19.6 Å². The summed E-state index contributed by atoms with van der Waals surface area (Å²) in [4.78, 5) is 22.9. The normalized spacial score (nSPS) is 12.5. The molecular formula is C13H19NO5. The molecule has 2 N–H and O–H groups in total. The number of carbonyl (C=O) groups is 2. The molecule has 6 nitrogen and oxygen atoms in total. The van der Waals surface area contributed by atoms with Crippen molar-refractivity contribution in [3.63, 3.8) is 0 Å². The van der Waals surface area contributed by atoms with Gasteiger partial charge in [-0.2, -0.15) is 0 Å². The number of hydrogen-bond acceptors (Lipinski definition) is 4. The maximum absolute atomic E-state index is 12.0. The number of carbonyl (C=O) groups excluding carboxylic acids is 1. The maximum atomic E-state index is 12.0. The lowest BCUT2D eigenvalue weighted by Crippen LogP contribution is -2.43. The summed E-state index contributed by atoms with van der Waals surface area (Å²) < 4.78 is 10.2. The molecule has 1 aromatic rings. The highest BCUT2D eigenvalue weighted by Gasteiger charge is 2.23. The molecule has 0 fully saturated rings. The Morgan fingerprint density at radius 2 is 2.11 bits per heavy atom. The lowest BCUT2D eigenvalue weighted by atomic mass is 10.1. The van der Waals surface area contributed by atoms with Crippen LogP contribution in [0.3, 0.4) is 0 Å². The van der Waals surface area contributed by atoms with Crippen LogP contribution < -0.4 is 5.32 Å². The van der Waals surface area contributed by atoms with Gasteiger partial charge in [0.05, 0.1) is 12.2 Å². The van der Waals surface area contributed by atoms with Gasteiger partial charge in [-0.3, -0.25) is 4.79 Å². The van der Waals surface area contributed by atoms with Crippen LogP contribution >= 0.6 is 0 Å². The lowest BCUT2D eigenvalue weighted by molar-refractivity contribution is -0.140. The first kappa shape index (κ1) is 15.2. The zero-order valence-corrected chi connectivity index (χ0v) is 11.5. The Morgan fingerprint density at radius 3 is 2.53 bits per heavy atom. The highest BCUT2D eigenvalue weighted by molar-refractivity contribution is 5.97. The average molecular weight is 269 g/mol. The van der Waals surface area contributed by atoms with Crippen molar-refractivity contribution >= 4 is 11.9 Å². The van der Waals surface area contributed by atoms with E-state index in [4.69, 9.17) is 14.3 Å². The van der Waals surface area contributed by atoms with Gasteiger partial charge in [-0.1, -0.05) is 13.8 Å². The highest BCUT2D eigenvalue weighted by atomic mass is 16.5. The molecule has 0 radical (unpaired) electrons. The second-order valence-corrected chi connectivity index (χ2v) is 4.59. The molecule has 19 heavy (non-hydrogen) atoms. The SMILES string of the molecule is COCC(NC(=O)c1cc(C(C)C)oc1C)C(=O)O. The Bertz CT molecular complexity index is 464. The van der Waals surface area contributed by atoms with Crippen molar-refractivity contribution in [1.82, 2.24) is 5.32 Å². The maximum Gasteiger partial charge on any atom is 0.328 e. The molecule has 1 atom stereocenters. The minimum Gasteiger partial charge on any atom is -0.480 e. The van der Waals surface area contributed by atoms with Crippen LogP contribution in [-0.4, -0.2) is 36.7 Å². The van der Waals surface area contributed by atoms with Crippen molar-refractivity contribution < 1.29 is 23.8 Å². The van der Waals surface area contributed by atoms with Crippen LogP contribution in [0.25, 0.3) is 0 Å². The molecule has 6 heteroatoms. The number of hydrogen-bond donors (Lipinski definition) is 2. The summed E-state index contributed by atoms with van der Waals surface area (Å²) in [7, 11) is 1.38. The Hall–Kier alpha value is -1.82. The molecule has 1 aromatic heterocycles. The van der Waals surface area contributed by atoms with Gasteiger partial charge in [-0.25, -0.2) is 4.79 Å². The van der Waals surface area contributed by atoms with Gasteiger partial charge in [0.1, 0.15) is 11.5 Å². The average Bonchev–Trinajstić information content (AvgIpc) is 2.70. The van der Waals surface area contributed by atoms with Crippen molar-refractivity contribution in [2.24, 2.45) is 0 Å². The Balaban J connectivity index is 2.85. The Morgan fingerprint density at radius 1 is 1.47 bits per heavy atom. The molecule has 0 bridgehead atoms. The summed E-state index contributed by atoms with van der Waals surface area (Å²) in [5.74, 6) is -0.281. The third kappa shape index (κ3) is 3.82. The largest absolute Gasteiger partial charge is 0.480 e. The fourth-order valence-corrected chi connectivity index (χ4v) is 1.59. The molecule has 1 amide bonds. The van der Waals surface area contributed by atoms with Crippen LogP contribution in [0.1, 0.15) is 41.6 Å². The fourth-order valence-electron chi connectivity index (χ4n) is 1.59. The molecule has 106 valence electrons. The first-order valence-electron chi connectivity index (χ1n) is 5.99. The second-order valence-electron chi connectivity index (χ2n) is 4.59. The summed E-state index contributed by atoms with van der Waals surface area (Å²) in [5, 5.41) is 11.3. The predicted molar refractivity (Wildman–Crippen MR) is 68.3 cm³/mol. The minimum absolute atomic E-state index is 0.0883. The van der Waals surface area contributed by atoms with Crippen molar-refractivity contribution in [2.75, 3.05) is 13.7 Å². The van der Waals surface area contributed by atoms with Gasteiger partial charge in [0.15, 0.2) is 6.04 Å². The van der Waals surface area contributed by atoms with Gasteiger partial charge in [0.2, 0.25) is 0 Å². The zero-order valence-electron chi connectivity index (χ0n) is 11.5. The van der Waals surface area contributed by atoms with E-state index in [1.165, 1.54) is 7.11 Å². The predicted octanol–water partition coefficient (Wildman–Crippen LogP) is 1.54. The van der Waals surface area contributed by atoms with E-state index in [0.29, 0.717) is 17.1 Å². The van der Waals surface area contributed by atoms with Gasteiger partial charge in [-0.15, -0.1) is 0 Å². The van der Waals surface area contributed by atoms with Crippen LogP contribution in [0.2, 0.25) is 0 Å². The summed E-state index contributed by atoms with van der Waals surface area (Å²) in [6.45, 7) is 5.48. The molecule has 1 unspecified atom stereocenters. The molecule has 0 saturated carbocycles. The standard InChI is InChI=1S/C13H19NO5/c1-7(2)11-5-9(8(3)19-11)12(15)14-10(6-18-4)13(16)17/h5,7,10H,6H2,1-4H3,(H,14,15)(H,16,17). The van der Waals surface area contributed by atoms with E-state index in [1.807, 2.05) is 13.8 Å². The van der Waals surface area contributed by atoms with E-state index < -0.39 is 17.9 Å². The third-order valence-corrected chi connectivity index (χ3v) is 2.69. The molecule has 0 aliphatic rings. The minimum atomic E-state index is -1.14. The molecular weight excluding hydrogens is 250 g/mol. The molecule has 1 rings (SSSR count). The van der Waals surface area contributed by atoms with Gasteiger partial charge in [0, 0.05) is 13.0 Å². The summed E-state index contributed by atoms with van der Waals surface area (Å²) in [5.41, 5.74) is 0.353. The summed E-state index contributed by atoms with van der Waals surface area (Å²) in [6, 6.07) is 0.565. The van der Waals surface area contributed by atoms with E-state index >= 15 is 0 Å². The van der Waals surface area contributed by atoms with Gasteiger partial charge in [0.25, 0.3) is 5.91 Å². The fraction of sp³-hybridized carbons (Fsp3) is 0.538. The Labute approximate surface area is 111 Å². The number of amides is 1. The topological polar surface area (TPSA) is 88.8 Å². The van der Waals surface area contributed by atoms with Crippen LogP contribution in [0.4, 0.5) is 0 Å². The monoisotopic (exact) mass is 269 g/mol. The van der Waals surface area contributed by atoms with Gasteiger partial charge in [-0.05, 0) is 13.0 Å². The van der Waals surface area contributed by atoms with Crippen molar-refractivity contribution in [3.05, 3.63) is 23.2 Å². The van der Waals surface area contributed by atoms with E-state index in [9.17, 15) is 9.59 Å². The van der Waals surface area contributed by atoms with Crippen LogP contribution in [-0.2, 0) is 9.53 Å². The van der Waals surface area contributed by atoms with Crippen molar-refractivity contribution in [3.8, 4) is 0 Å². The molecule has 0 aromatic carbocycles. The van der Waals surface area contributed by atoms with Crippen molar-refractivity contribution in [2.45, 2.75) is 32.7 Å². The Kier molecular flexibility index (Phi) is 5.11. The molecule has 1 heterocycles. The number of methoxy groups -OCH3 is 1. The van der Waals surface area contributed by atoms with Crippen LogP contribution in [0.15, 0.2) is 10.5 Å². The molecule has 0 spiro atoms. The molecule has 0 aliphatic heterocycles. The smallest absolute Gasteiger partial charge is 0.328 e. The number of aliphatic carboxylic acids is 1. The molecule has 0 saturated heterocycles. The lowest BCUT2D eigenvalue weighted by Gasteiger charge is -2.12. The van der Waals surface area contributed by atoms with Gasteiger partial charge >= 0.3 is 5.97 Å². The number of rotatable bonds is 6. The number of aryl methyl sites for hydroxylation is 1. The quantitative estimate of drug-likeness (QED) is 0.817. The van der Waals surface area contributed by atoms with Crippen LogP contribution in [0, 0.1) is 6.92 Å². The number of carboxylic acid groups (broad SMARTS) is 1. The summed E-state index contributed by atoms with van der Waals surface area (Å²) >= 11 is 0. The first-order valence-corrected chi connectivity index (χ1v) is 5.99. The van der Waals surface area contributed by atoms with Crippen molar-refractivity contribution in [1.29, 1.82) is 0 Å².